The minimum atomic E-state index is -0.257. The van der Waals surface area contributed by atoms with Crippen molar-refractivity contribution in [2.24, 2.45) is 5.73 Å². The molecule has 0 saturated carbocycles. The minimum Gasteiger partial charge on any atom is -0.379 e. The van der Waals surface area contributed by atoms with Gasteiger partial charge in [0.2, 0.25) is 0 Å². The molecule has 19 heavy (non-hydrogen) atoms. The minimum absolute atomic E-state index is 0.0303. The van der Waals surface area contributed by atoms with Crippen LogP contribution in [0.1, 0.15) is 25.1 Å². The number of hydrogen-bond acceptors (Lipinski definition) is 3. The lowest BCUT2D eigenvalue weighted by Gasteiger charge is -2.15. The Balaban J connectivity index is 2.13. The molecule has 1 saturated heterocycles. The molecule has 1 aliphatic rings. The summed E-state index contributed by atoms with van der Waals surface area (Å²) in [5, 5.41) is 0. The van der Waals surface area contributed by atoms with Crippen LogP contribution in [0.15, 0.2) is 18.2 Å². The monoisotopic (exact) mass is 263 g/mol. The number of rotatable bonds is 3. The highest BCUT2D eigenvalue weighted by Crippen LogP contribution is 2.28. The topological polar surface area (TPSA) is 53.1 Å². The summed E-state index contributed by atoms with van der Waals surface area (Å²) in [5.41, 5.74) is 7.74. The summed E-state index contributed by atoms with van der Waals surface area (Å²) in [5.74, 6) is 0.765. The Morgan fingerprint density at radius 1 is 1.47 bits per heavy atom. The number of ether oxygens (including phenoxy) is 1. The molecule has 5 heteroatoms. The third-order valence-corrected chi connectivity index (χ3v) is 3.64. The molecule has 0 aliphatic carbocycles. The second kappa shape index (κ2) is 4.90. The first-order valence-corrected chi connectivity index (χ1v) is 6.69. The largest absolute Gasteiger partial charge is 0.379 e. The van der Waals surface area contributed by atoms with E-state index in [0.29, 0.717) is 18.7 Å². The molecule has 0 spiro atoms. The van der Waals surface area contributed by atoms with E-state index in [4.69, 9.17) is 10.5 Å². The molecule has 0 radical (unpaired) electrons. The van der Waals surface area contributed by atoms with E-state index in [1.807, 2.05) is 0 Å². The number of nitrogens with zero attached hydrogens (tertiary/aromatic N) is 2. The van der Waals surface area contributed by atoms with Crippen LogP contribution < -0.4 is 5.73 Å². The van der Waals surface area contributed by atoms with Gasteiger partial charge in [0.1, 0.15) is 11.6 Å². The molecule has 1 aromatic heterocycles. The maximum absolute atomic E-state index is 13.3. The van der Waals surface area contributed by atoms with E-state index in [9.17, 15) is 4.39 Å². The first-order valence-electron chi connectivity index (χ1n) is 6.69. The van der Waals surface area contributed by atoms with Gasteiger partial charge < -0.3 is 15.0 Å². The van der Waals surface area contributed by atoms with Crippen LogP contribution in [0.25, 0.3) is 11.0 Å². The summed E-state index contributed by atoms with van der Waals surface area (Å²) in [6, 6.07) is 4.72. The van der Waals surface area contributed by atoms with E-state index >= 15 is 0 Å². The van der Waals surface area contributed by atoms with Crippen molar-refractivity contribution >= 4 is 11.0 Å². The van der Waals surface area contributed by atoms with E-state index in [1.54, 1.807) is 6.07 Å². The molecule has 1 aromatic carbocycles. The molecule has 0 bridgehead atoms. The molecule has 1 fully saturated rings. The highest BCUT2D eigenvalue weighted by Gasteiger charge is 2.31. The molecule has 1 aliphatic heterocycles. The van der Waals surface area contributed by atoms with Gasteiger partial charge >= 0.3 is 0 Å². The standard InChI is InChI=1S/C14H18FN3O/c1-2-5-18-13-4-3-9(15)6-12(13)17-14(18)10-7-19-8-11(10)16/h3-4,6,10-11H,2,5,7-8,16H2,1H3. The number of aryl methyl sites for hydroxylation is 1. The summed E-state index contributed by atoms with van der Waals surface area (Å²) >= 11 is 0. The fourth-order valence-corrected chi connectivity index (χ4v) is 2.70. The maximum Gasteiger partial charge on any atom is 0.125 e. The zero-order valence-electron chi connectivity index (χ0n) is 11.0. The van der Waals surface area contributed by atoms with Crippen LogP contribution >= 0.6 is 0 Å². The summed E-state index contributed by atoms with van der Waals surface area (Å²) in [6.45, 7) is 4.13. The number of benzene rings is 1. The van der Waals surface area contributed by atoms with Crippen LogP contribution in [0.3, 0.4) is 0 Å². The summed E-state index contributed by atoms with van der Waals surface area (Å²) in [4.78, 5) is 4.59. The first kappa shape index (κ1) is 12.6. The molecule has 2 aromatic rings. The zero-order chi connectivity index (χ0) is 13.4. The smallest absolute Gasteiger partial charge is 0.125 e. The van der Waals surface area contributed by atoms with Crippen molar-refractivity contribution < 1.29 is 9.13 Å². The number of halogens is 1. The van der Waals surface area contributed by atoms with Crippen molar-refractivity contribution in [3.8, 4) is 0 Å². The molecule has 2 heterocycles. The maximum atomic E-state index is 13.3. The number of imidazole rings is 1. The van der Waals surface area contributed by atoms with E-state index < -0.39 is 0 Å². The lowest BCUT2D eigenvalue weighted by Crippen LogP contribution is -2.29. The third-order valence-electron chi connectivity index (χ3n) is 3.64. The fourth-order valence-electron chi connectivity index (χ4n) is 2.70. The molecule has 2 atom stereocenters. The number of fused-ring (bicyclic) bond motifs is 1. The van der Waals surface area contributed by atoms with Gasteiger partial charge in [0.25, 0.3) is 0 Å². The van der Waals surface area contributed by atoms with E-state index in [-0.39, 0.29) is 17.8 Å². The van der Waals surface area contributed by atoms with Crippen LogP contribution in [-0.2, 0) is 11.3 Å². The van der Waals surface area contributed by atoms with Gasteiger partial charge in [0.05, 0.1) is 30.2 Å². The van der Waals surface area contributed by atoms with Gasteiger partial charge in [-0.3, -0.25) is 0 Å². The second-order valence-electron chi connectivity index (χ2n) is 5.06. The highest BCUT2D eigenvalue weighted by atomic mass is 19.1. The van der Waals surface area contributed by atoms with Gasteiger partial charge in [-0.05, 0) is 18.6 Å². The quantitative estimate of drug-likeness (QED) is 0.921. The fraction of sp³-hybridized carbons (Fsp3) is 0.500. The Morgan fingerprint density at radius 3 is 3.00 bits per heavy atom. The van der Waals surface area contributed by atoms with Crippen LogP contribution in [0.2, 0.25) is 0 Å². The molecule has 0 amide bonds. The number of nitrogens with two attached hydrogens (primary N) is 1. The molecular weight excluding hydrogens is 245 g/mol. The molecule has 3 rings (SSSR count). The van der Waals surface area contributed by atoms with E-state index in [2.05, 4.69) is 16.5 Å². The van der Waals surface area contributed by atoms with Crippen molar-refractivity contribution in [1.82, 2.24) is 9.55 Å². The number of aromatic nitrogens is 2. The van der Waals surface area contributed by atoms with Gasteiger partial charge in [-0.15, -0.1) is 0 Å². The Hall–Kier alpha value is -1.46. The van der Waals surface area contributed by atoms with Crippen molar-refractivity contribution in [2.45, 2.75) is 31.8 Å². The number of hydrogen-bond donors (Lipinski definition) is 1. The molecular formula is C14H18FN3O. The molecule has 102 valence electrons. The Bertz CT molecular complexity index is 596. The highest BCUT2D eigenvalue weighted by molar-refractivity contribution is 5.76. The van der Waals surface area contributed by atoms with Gasteiger partial charge in [-0.25, -0.2) is 9.37 Å². The van der Waals surface area contributed by atoms with Gasteiger partial charge in [-0.2, -0.15) is 0 Å². The zero-order valence-corrected chi connectivity index (χ0v) is 11.0. The normalized spacial score (nSPS) is 23.3. The first-order chi connectivity index (χ1) is 9.20. The van der Waals surface area contributed by atoms with E-state index in [0.717, 1.165) is 24.3 Å². The van der Waals surface area contributed by atoms with Gasteiger partial charge in [0, 0.05) is 18.7 Å². The molecule has 4 nitrogen and oxygen atoms in total. The summed E-state index contributed by atoms with van der Waals surface area (Å²) in [7, 11) is 0. The van der Waals surface area contributed by atoms with Crippen molar-refractivity contribution in [3.05, 3.63) is 29.8 Å². The average molecular weight is 263 g/mol. The van der Waals surface area contributed by atoms with Crippen LogP contribution in [0, 0.1) is 5.82 Å². The SMILES string of the molecule is CCCn1c(C2COCC2N)nc2cc(F)ccc21. The van der Waals surface area contributed by atoms with Crippen LogP contribution in [-0.4, -0.2) is 28.8 Å². The predicted octanol–water partition coefficient (Wildman–Crippen LogP) is 2.03. The molecule has 2 unspecified atom stereocenters. The van der Waals surface area contributed by atoms with Crippen LogP contribution in [0.4, 0.5) is 4.39 Å². The summed E-state index contributed by atoms with van der Waals surface area (Å²) < 4.78 is 20.9. The third kappa shape index (κ3) is 2.13. The Morgan fingerprint density at radius 2 is 2.32 bits per heavy atom. The second-order valence-corrected chi connectivity index (χ2v) is 5.06. The van der Waals surface area contributed by atoms with Crippen molar-refractivity contribution in [1.29, 1.82) is 0 Å². The van der Waals surface area contributed by atoms with Crippen molar-refractivity contribution in [2.75, 3.05) is 13.2 Å². The Kier molecular flexibility index (Phi) is 3.24. The lowest BCUT2D eigenvalue weighted by atomic mass is 10.0. The summed E-state index contributed by atoms with van der Waals surface area (Å²) in [6.07, 6.45) is 0.999. The lowest BCUT2D eigenvalue weighted by molar-refractivity contribution is 0.190. The average Bonchev–Trinajstić information content (AvgIpc) is 2.94. The van der Waals surface area contributed by atoms with Gasteiger partial charge in [0.15, 0.2) is 0 Å². The van der Waals surface area contributed by atoms with Crippen molar-refractivity contribution in [3.63, 3.8) is 0 Å². The molecule has 2 N–H and O–H groups in total. The van der Waals surface area contributed by atoms with E-state index in [1.165, 1.54) is 12.1 Å². The van der Waals surface area contributed by atoms with Gasteiger partial charge in [-0.1, -0.05) is 6.92 Å². The predicted molar refractivity (Wildman–Crippen MR) is 71.5 cm³/mol. The Labute approximate surface area is 111 Å². The van der Waals surface area contributed by atoms with Crippen LogP contribution in [0.5, 0.6) is 0 Å².